The van der Waals surface area contributed by atoms with Crippen molar-refractivity contribution in [2.24, 2.45) is 11.7 Å². The number of likely N-dealkylation sites (tertiary alicyclic amines) is 1. The van der Waals surface area contributed by atoms with E-state index in [0.717, 1.165) is 26.1 Å². The molecule has 1 aromatic rings. The predicted molar refractivity (Wildman–Crippen MR) is 76.8 cm³/mol. The van der Waals surface area contributed by atoms with Crippen LogP contribution in [0.2, 0.25) is 0 Å². The van der Waals surface area contributed by atoms with Crippen molar-refractivity contribution in [3.8, 4) is 0 Å². The van der Waals surface area contributed by atoms with Gasteiger partial charge in [0.2, 0.25) is 0 Å². The minimum atomic E-state index is 0.158. The summed E-state index contributed by atoms with van der Waals surface area (Å²) in [7, 11) is 1.78. The molecule has 1 saturated heterocycles. The van der Waals surface area contributed by atoms with E-state index in [2.05, 4.69) is 22.9 Å². The number of hydrogen-bond acceptors (Lipinski definition) is 4. The van der Waals surface area contributed by atoms with Crippen LogP contribution >= 0.6 is 0 Å². The number of pyridine rings is 1. The van der Waals surface area contributed by atoms with Crippen LogP contribution in [0, 0.1) is 5.92 Å². The Balaban J connectivity index is 2.11. The van der Waals surface area contributed by atoms with Crippen LogP contribution < -0.4 is 5.73 Å². The summed E-state index contributed by atoms with van der Waals surface area (Å²) in [6.07, 6.45) is 5.94. The normalized spacial score (nSPS) is 23.4. The molecule has 1 aliphatic rings. The first-order valence-corrected chi connectivity index (χ1v) is 7.14. The Kier molecular flexibility index (Phi) is 5.31. The first-order chi connectivity index (χ1) is 9.26. The van der Waals surface area contributed by atoms with E-state index in [9.17, 15) is 0 Å². The molecule has 0 spiro atoms. The quantitative estimate of drug-likeness (QED) is 0.850. The number of hydrogen-bond donors (Lipinski definition) is 1. The average Bonchev–Trinajstić information content (AvgIpc) is 2.89. The van der Waals surface area contributed by atoms with E-state index in [0.29, 0.717) is 5.92 Å². The summed E-state index contributed by atoms with van der Waals surface area (Å²) in [5.41, 5.74) is 7.58. The molecule has 1 aliphatic heterocycles. The molecular formula is C15H25N3O. The van der Waals surface area contributed by atoms with Gasteiger partial charge in [0, 0.05) is 32.1 Å². The highest BCUT2D eigenvalue weighted by Crippen LogP contribution is 2.30. The molecule has 2 rings (SSSR count). The van der Waals surface area contributed by atoms with Crippen LogP contribution in [-0.2, 0) is 4.74 Å². The smallest absolute Gasteiger partial charge is 0.0514 e. The third kappa shape index (κ3) is 3.53. The second kappa shape index (κ2) is 6.98. The van der Waals surface area contributed by atoms with E-state index in [1.165, 1.54) is 12.0 Å². The highest BCUT2D eigenvalue weighted by Gasteiger charge is 2.32. The van der Waals surface area contributed by atoms with Crippen molar-refractivity contribution in [3.05, 3.63) is 30.1 Å². The first kappa shape index (κ1) is 14.4. The fourth-order valence-corrected chi connectivity index (χ4v) is 2.99. The lowest BCUT2D eigenvalue weighted by molar-refractivity contribution is 0.142. The summed E-state index contributed by atoms with van der Waals surface area (Å²) < 4.78 is 5.28. The molecule has 2 heterocycles. The molecule has 3 atom stereocenters. The Morgan fingerprint density at radius 2 is 2.42 bits per heavy atom. The van der Waals surface area contributed by atoms with Gasteiger partial charge in [0.05, 0.1) is 12.6 Å². The zero-order valence-electron chi connectivity index (χ0n) is 12.0. The van der Waals surface area contributed by atoms with Crippen molar-refractivity contribution in [2.45, 2.75) is 31.8 Å². The third-order valence-corrected chi connectivity index (χ3v) is 4.02. The zero-order chi connectivity index (χ0) is 13.7. The fraction of sp³-hybridized carbons (Fsp3) is 0.667. The third-order valence-electron chi connectivity index (χ3n) is 4.02. The van der Waals surface area contributed by atoms with Crippen LogP contribution in [0.25, 0.3) is 0 Å². The molecule has 1 aromatic heterocycles. The maximum Gasteiger partial charge on any atom is 0.0514 e. The van der Waals surface area contributed by atoms with Gasteiger partial charge in [-0.25, -0.2) is 0 Å². The number of methoxy groups -OCH3 is 1. The zero-order valence-corrected chi connectivity index (χ0v) is 12.0. The summed E-state index contributed by atoms with van der Waals surface area (Å²) in [4.78, 5) is 6.74. The first-order valence-electron chi connectivity index (χ1n) is 7.14. The Labute approximate surface area is 116 Å². The van der Waals surface area contributed by atoms with Gasteiger partial charge in [-0.2, -0.15) is 0 Å². The van der Waals surface area contributed by atoms with Crippen LogP contribution in [0.5, 0.6) is 0 Å². The lowest BCUT2D eigenvalue weighted by atomic mass is 9.98. The topological polar surface area (TPSA) is 51.4 Å². The van der Waals surface area contributed by atoms with E-state index in [-0.39, 0.29) is 12.1 Å². The van der Waals surface area contributed by atoms with E-state index >= 15 is 0 Å². The van der Waals surface area contributed by atoms with Crippen LogP contribution in [0.3, 0.4) is 0 Å². The van der Waals surface area contributed by atoms with Gasteiger partial charge in [0.15, 0.2) is 0 Å². The lowest BCUT2D eigenvalue weighted by Gasteiger charge is -2.32. The SMILES string of the molecule is CCC(N)C(c1cccnc1)N1CCC(COC)C1. The van der Waals surface area contributed by atoms with Crippen LogP contribution in [0.1, 0.15) is 31.4 Å². The Morgan fingerprint density at radius 3 is 3.05 bits per heavy atom. The van der Waals surface area contributed by atoms with Gasteiger partial charge in [-0.3, -0.25) is 9.88 Å². The molecule has 4 nitrogen and oxygen atoms in total. The van der Waals surface area contributed by atoms with Crippen molar-refractivity contribution in [2.75, 3.05) is 26.8 Å². The average molecular weight is 263 g/mol. The number of rotatable bonds is 6. The maximum absolute atomic E-state index is 6.35. The van der Waals surface area contributed by atoms with Crippen molar-refractivity contribution >= 4 is 0 Å². The molecule has 0 saturated carbocycles. The summed E-state index contributed by atoms with van der Waals surface area (Å²) in [5.74, 6) is 0.633. The molecule has 0 radical (unpaired) electrons. The summed E-state index contributed by atoms with van der Waals surface area (Å²) >= 11 is 0. The molecule has 0 aliphatic carbocycles. The van der Waals surface area contributed by atoms with Gasteiger partial charge in [0.1, 0.15) is 0 Å². The lowest BCUT2D eigenvalue weighted by Crippen LogP contribution is -2.40. The maximum atomic E-state index is 6.35. The van der Waals surface area contributed by atoms with E-state index in [1.807, 2.05) is 18.5 Å². The summed E-state index contributed by atoms with van der Waals surface area (Å²) in [6.45, 7) is 5.16. The molecule has 1 fully saturated rings. The Hall–Kier alpha value is -0.970. The Bertz CT molecular complexity index is 371. The van der Waals surface area contributed by atoms with E-state index < -0.39 is 0 Å². The molecule has 0 bridgehead atoms. The number of aromatic nitrogens is 1. The summed E-state index contributed by atoms with van der Waals surface area (Å²) in [5, 5.41) is 0. The molecule has 106 valence electrons. The van der Waals surface area contributed by atoms with Crippen molar-refractivity contribution < 1.29 is 4.74 Å². The minimum Gasteiger partial charge on any atom is -0.384 e. The molecule has 19 heavy (non-hydrogen) atoms. The van der Waals surface area contributed by atoms with Gasteiger partial charge >= 0.3 is 0 Å². The fourth-order valence-electron chi connectivity index (χ4n) is 2.99. The molecule has 2 N–H and O–H groups in total. The Morgan fingerprint density at radius 1 is 1.58 bits per heavy atom. The molecule has 4 heteroatoms. The van der Waals surface area contributed by atoms with Gasteiger partial charge in [-0.05, 0) is 36.9 Å². The molecule has 0 aromatic carbocycles. The second-order valence-electron chi connectivity index (χ2n) is 5.41. The van der Waals surface area contributed by atoms with E-state index in [4.69, 9.17) is 10.5 Å². The van der Waals surface area contributed by atoms with Crippen LogP contribution in [0.15, 0.2) is 24.5 Å². The van der Waals surface area contributed by atoms with Crippen LogP contribution in [-0.4, -0.2) is 42.7 Å². The highest BCUT2D eigenvalue weighted by molar-refractivity contribution is 5.17. The van der Waals surface area contributed by atoms with Gasteiger partial charge in [-0.15, -0.1) is 0 Å². The predicted octanol–water partition coefficient (Wildman–Crippen LogP) is 1.83. The standard InChI is InChI=1S/C15H25N3O/c1-3-14(16)15(13-5-4-7-17-9-13)18-8-6-12(10-18)11-19-2/h4-5,7,9,12,14-15H,3,6,8,10-11,16H2,1-2H3. The van der Waals surface area contributed by atoms with Gasteiger partial charge < -0.3 is 10.5 Å². The highest BCUT2D eigenvalue weighted by atomic mass is 16.5. The van der Waals surface area contributed by atoms with E-state index in [1.54, 1.807) is 7.11 Å². The number of nitrogens with two attached hydrogens (primary N) is 1. The van der Waals surface area contributed by atoms with Gasteiger partial charge in [0.25, 0.3) is 0 Å². The van der Waals surface area contributed by atoms with Crippen LogP contribution in [0.4, 0.5) is 0 Å². The molecule has 0 amide bonds. The van der Waals surface area contributed by atoms with Gasteiger partial charge in [-0.1, -0.05) is 13.0 Å². The molecule has 3 unspecified atom stereocenters. The number of nitrogens with zero attached hydrogens (tertiary/aromatic N) is 2. The largest absolute Gasteiger partial charge is 0.384 e. The second-order valence-corrected chi connectivity index (χ2v) is 5.41. The van der Waals surface area contributed by atoms with Crippen molar-refractivity contribution in [3.63, 3.8) is 0 Å². The monoisotopic (exact) mass is 263 g/mol. The number of ether oxygens (including phenoxy) is 1. The van der Waals surface area contributed by atoms with Crippen molar-refractivity contribution in [1.82, 2.24) is 9.88 Å². The molecular weight excluding hydrogens is 238 g/mol. The van der Waals surface area contributed by atoms with Crippen molar-refractivity contribution in [1.29, 1.82) is 0 Å². The minimum absolute atomic E-state index is 0.158. The summed E-state index contributed by atoms with van der Waals surface area (Å²) in [6, 6.07) is 4.57.